The molecule has 3 nitrogen and oxygen atoms in total. The number of benzene rings is 2. The van der Waals surface area contributed by atoms with E-state index >= 15 is 0 Å². The van der Waals surface area contributed by atoms with E-state index in [-0.39, 0.29) is 5.91 Å². The van der Waals surface area contributed by atoms with E-state index in [1.54, 1.807) is 0 Å². The minimum Gasteiger partial charge on any atom is -0.398 e. The van der Waals surface area contributed by atoms with Crippen molar-refractivity contribution in [2.45, 2.75) is 20.3 Å². The van der Waals surface area contributed by atoms with Gasteiger partial charge in [-0.25, -0.2) is 0 Å². The largest absolute Gasteiger partial charge is 0.398 e. The van der Waals surface area contributed by atoms with Crippen molar-refractivity contribution >= 4 is 33.2 Å². The molecule has 108 valence electrons. The number of aryl methyl sites for hydroxylation is 2. The van der Waals surface area contributed by atoms with Crippen LogP contribution in [0.3, 0.4) is 0 Å². The second-order valence-electron chi connectivity index (χ2n) is 5.48. The van der Waals surface area contributed by atoms with Crippen molar-refractivity contribution in [2.24, 2.45) is 0 Å². The van der Waals surface area contributed by atoms with Crippen molar-refractivity contribution in [1.29, 1.82) is 0 Å². The van der Waals surface area contributed by atoms with Crippen molar-refractivity contribution in [1.82, 2.24) is 0 Å². The number of nitrogens with two attached hydrogens (primary N) is 1. The van der Waals surface area contributed by atoms with Gasteiger partial charge in [0, 0.05) is 22.4 Å². The van der Waals surface area contributed by atoms with Gasteiger partial charge in [-0.1, -0.05) is 18.2 Å². The Kier molecular flexibility index (Phi) is 3.49. The quantitative estimate of drug-likeness (QED) is 0.798. The first-order chi connectivity index (χ1) is 9.99. The number of carbonyl (C=O) groups excluding carboxylic acids is 1. The molecule has 0 saturated heterocycles. The van der Waals surface area contributed by atoms with Crippen molar-refractivity contribution < 1.29 is 4.79 Å². The maximum absolute atomic E-state index is 12.8. The van der Waals surface area contributed by atoms with Crippen molar-refractivity contribution in [3.63, 3.8) is 0 Å². The SMILES string of the molecule is Cc1cc2c(cc1N)N(C(=O)c1cccc(C)c1Br)CC2. The molecule has 1 aliphatic heterocycles. The number of hydrogen-bond acceptors (Lipinski definition) is 2. The summed E-state index contributed by atoms with van der Waals surface area (Å²) in [5.41, 5.74) is 11.7. The molecule has 1 amide bonds. The Balaban J connectivity index is 2.03. The Morgan fingerprint density at radius 2 is 2.00 bits per heavy atom. The summed E-state index contributed by atoms with van der Waals surface area (Å²) >= 11 is 3.52. The predicted octanol–water partition coefficient (Wildman–Crippen LogP) is 3.85. The van der Waals surface area contributed by atoms with Gasteiger partial charge in [-0.2, -0.15) is 0 Å². The molecule has 0 fully saturated rings. The first-order valence-corrected chi connectivity index (χ1v) is 7.74. The second-order valence-corrected chi connectivity index (χ2v) is 6.27. The zero-order valence-corrected chi connectivity index (χ0v) is 13.7. The van der Waals surface area contributed by atoms with E-state index in [4.69, 9.17) is 5.73 Å². The summed E-state index contributed by atoms with van der Waals surface area (Å²) in [7, 11) is 0. The highest BCUT2D eigenvalue weighted by Crippen LogP contribution is 2.34. The smallest absolute Gasteiger partial charge is 0.259 e. The van der Waals surface area contributed by atoms with Crippen LogP contribution in [-0.4, -0.2) is 12.5 Å². The fourth-order valence-corrected chi connectivity index (χ4v) is 3.18. The summed E-state index contributed by atoms with van der Waals surface area (Å²) in [6.45, 7) is 4.69. The lowest BCUT2D eigenvalue weighted by atomic mass is 10.1. The molecule has 2 N–H and O–H groups in total. The molecule has 1 aliphatic rings. The Labute approximate surface area is 132 Å². The van der Waals surface area contributed by atoms with Crippen LogP contribution in [0.15, 0.2) is 34.8 Å². The molecule has 3 rings (SSSR count). The molecule has 2 aromatic rings. The average Bonchev–Trinajstić information content (AvgIpc) is 2.84. The molecular formula is C17H17BrN2O. The standard InChI is InChI=1S/C17H17BrN2O/c1-10-4-3-5-13(16(10)18)17(21)20-7-6-12-8-11(2)14(19)9-15(12)20/h3-5,8-9H,6-7,19H2,1-2H3. The molecular weight excluding hydrogens is 328 g/mol. The Bertz CT molecular complexity index is 740. The fraction of sp³-hybridized carbons (Fsp3) is 0.235. The first kappa shape index (κ1) is 14.1. The third-order valence-corrected chi connectivity index (χ3v) is 5.08. The van der Waals surface area contributed by atoms with Crippen LogP contribution < -0.4 is 10.6 Å². The fourth-order valence-electron chi connectivity index (χ4n) is 2.75. The Morgan fingerprint density at radius 1 is 1.24 bits per heavy atom. The molecule has 2 aromatic carbocycles. The normalized spacial score (nSPS) is 13.4. The predicted molar refractivity (Wildman–Crippen MR) is 89.9 cm³/mol. The van der Waals surface area contributed by atoms with Crippen molar-refractivity contribution in [3.05, 3.63) is 57.1 Å². The van der Waals surface area contributed by atoms with Gasteiger partial charge >= 0.3 is 0 Å². The molecule has 0 atom stereocenters. The monoisotopic (exact) mass is 344 g/mol. The van der Waals surface area contributed by atoms with Gasteiger partial charge in [-0.15, -0.1) is 0 Å². The van der Waals surface area contributed by atoms with Gasteiger partial charge < -0.3 is 10.6 Å². The summed E-state index contributed by atoms with van der Waals surface area (Å²) in [6.07, 6.45) is 0.881. The number of rotatable bonds is 1. The topological polar surface area (TPSA) is 46.3 Å². The molecule has 0 radical (unpaired) electrons. The molecule has 4 heteroatoms. The number of nitrogen functional groups attached to an aromatic ring is 1. The number of carbonyl (C=O) groups is 1. The lowest BCUT2D eigenvalue weighted by Gasteiger charge is -2.19. The second kappa shape index (κ2) is 5.19. The van der Waals surface area contributed by atoms with E-state index in [0.717, 1.165) is 33.4 Å². The molecule has 0 saturated carbocycles. The number of anilines is 2. The Morgan fingerprint density at radius 3 is 2.76 bits per heavy atom. The van der Waals surface area contributed by atoms with Crippen LogP contribution in [0.4, 0.5) is 11.4 Å². The maximum atomic E-state index is 12.8. The summed E-state index contributed by atoms with van der Waals surface area (Å²) in [5.74, 6) is 0.0209. The van der Waals surface area contributed by atoms with Gasteiger partial charge in [-0.05, 0) is 65.0 Å². The van der Waals surface area contributed by atoms with E-state index in [1.165, 1.54) is 5.56 Å². The van der Waals surface area contributed by atoms with E-state index in [1.807, 2.05) is 43.0 Å². The van der Waals surface area contributed by atoms with E-state index in [2.05, 4.69) is 22.0 Å². The van der Waals surface area contributed by atoms with E-state index < -0.39 is 0 Å². The minimum atomic E-state index is 0.0209. The van der Waals surface area contributed by atoms with Gasteiger partial charge in [-0.3, -0.25) is 4.79 Å². The van der Waals surface area contributed by atoms with Crippen LogP contribution in [0.25, 0.3) is 0 Å². The van der Waals surface area contributed by atoms with E-state index in [9.17, 15) is 4.79 Å². The van der Waals surface area contributed by atoms with E-state index in [0.29, 0.717) is 12.1 Å². The van der Waals surface area contributed by atoms with Crippen molar-refractivity contribution in [3.8, 4) is 0 Å². The number of halogens is 1. The third kappa shape index (κ3) is 2.33. The molecule has 0 unspecified atom stereocenters. The summed E-state index contributed by atoms with van der Waals surface area (Å²) < 4.78 is 0.864. The van der Waals surface area contributed by atoms with Gasteiger partial charge in [0.05, 0.1) is 5.56 Å². The van der Waals surface area contributed by atoms with Gasteiger partial charge in [0.25, 0.3) is 5.91 Å². The summed E-state index contributed by atoms with van der Waals surface area (Å²) in [5, 5.41) is 0. The zero-order chi connectivity index (χ0) is 15.1. The molecule has 0 bridgehead atoms. The van der Waals surface area contributed by atoms with Gasteiger partial charge in [0.15, 0.2) is 0 Å². The van der Waals surface area contributed by atoms with Crippen molar-refractivity contribution in [2.75, 3.05) is 17.2 Å². The van der Waals surface area contributed by atoms with Crippen LogP contribution in [0, 0.1) is 13.8 Å². The highest BCUT2D eigenvalue weighted by molar-refractivity contribution is 9.10. The maximum Gasteiger partial charge on any atom is 0.259 e. The minimum absolute atomic E-state index is 0.0209. The van der Waals surface area contributed by atoms with Gasteiger partial charge in [0.2, 0.25) is 0 Å². The van der Waals surface area contributed by atoms with Crippen LogP contribution in [-0.2, 0) is 6.42 Å². The van der Waals surface area contributed by atoms with Gasteiger partial charge in [0.1, 0.15) is 0 Å². The number of amides is 1. The van der Waals surface area contributed by atoms with Crippen LogP contribution >= 0.6 is 15.9 Å². The molecule has 21 heavy (non-hydrogen) atoms. The van der Waals surface area contributed by atoms with Crippen LogP contribution in [0.1, 0.15) is 27.0 Å². The lowest BCUT2D eigenvalue weighted by molar-refractivity contribution is 0.0988. The molecule has 0 spiro atoms. The number of fused-ring (bicyclic) bond motifs is 1. The first-order valence-electron chi connectivity index (χ1n) is 6.95. The highest BCUT2D eigenvalue weighted by Gasteiger charge is 2.27. The molecule has 0 aromatic heterocycles. The number of nitrogens with zero attached hydrogens (tertiary/aromatic N) is 1. The average molecular weight is 345 g/mol. The highest BCUT2D eigenvalue weighted by atomic mass is 79.9. The summed E-state index contributed by atoms with van der Waals surface area (Å²) in [6, 6.07) is 9.76. The lowest BCUT2D eigenvalue weighted by Crippen LogP contribution is -2.29. The molecule has 0 aliphatic carbocycles. The van der Waals surface area contributed by atoms with Crippen LogP contribution in [0.5, 0.6) is 0 Å². The Hall–Kier alpha value is -1.81. The third-order valence-electron chi connectivity index (χ3n) is 4.03. The molecule has 1 heterocycles. The van der Waals surface area contributed by atoms with Crippen LogP contribution in [0.2, 0.25) is 0 Å². The summed E-state index contributed by atoms with van der Waals surface area (Å²) in [4.78, 5) is 14.7. The zero-order valence-electron chi connectivity index (χ0n) is 12.1. The number of hydrogen-bond donors (Lipinski definition) is 1.